The molecule has 4 unspecified atom stereocenters. The second-order valence-electron chi connectivity index (χ2n) is 6.20. The molecule has 0 aliphatic rings. The van der Waals surface area contributed by atoms with Gasteiger partial charge in [0.1, 0.15) is 18.1 Å². The molecule has 0 fully saturated rings. The normalized spacial score (nSPS) is 15.0. The van der Waals surface area contributed by atoms with Crippen LogP contribution in [-0.2, 0) is 24.0 Å². The Morgan fingerprint density at radius 3 is 2.00 bits per heavy atom. The first-order chi connectivity index (χ1) is 12.5. The molecule has 0 bridgehead atoms. The van der Waals surface area contributed by atoms with Crippen LogP contribution in [0.25, 0.3) is 0 Å². The summed E-state index contributed by atoms with van der Waals surface area (Å²) >= 11 is 0. The quantitative estimate of drug-likeness (QED) is 0.231. The van der Waals surface area contributed by atoms with Gasteiger partial charge in [-0.25, -0.2) is 4.79 Å². The minimum atomic E-state index is -1.40. The molecular formula is C16H28N4O7. The highest BCUT2D eigenvalue weighted by molar-refractivity contribution is 5.93. The summed E-state index contributed by atoms with van der Waals surface area (Å²) in [7, 11) is 0. The maximum atomic E-state index is 12.5. The van der Waals surface area contributed by atoms with Crippen molar-refractivity contribution >= 4 is 29.7 Å². The Bertz CT molecular complexity index is 567. The molecule has 7 N–H and O–H groups in total. The molecule has 0 aromatic heterocycles. The molecule has 3 amide bonds. The Morgan fingerprint density at radius 1 is 0.963 bits per heavy atom. The van der Waals surface area contributed by atoms with E-state index in [1.54, 1.807) is 13.8 Å². The van der Waals surface area contributed by atoms with Gasteiger partial charge in [0, 0.05) is 6.42 Å². The van der Waals surface area contributed by atoms with Crippen molar-refractivity contribution in [3.63, 3.8) is 0 Å². The molecule has 0 saturated carbocycles. The van der Waals surface area contributed by atoms with Gasteiger partial charge >= 0.3 is 11.9 Å². The van der Waals surface area contributed by atoms with Crippen LogP contribution in [0.4, 0.5) is 0 Å². The van der Waals surface area contributed by atoms with Crippen molar-refractivity contribution in [1.82, 2.24) is 16.0 Å². The van der Waals surface area contributed by atoms with Gasteiger partial charge in [-0.3, -0.25) is 19.2 Å². The summed E-state index contributed by atoms with van der Waals surface area (Å²) in [6, 6.07) is -3.39. The van der Waals surface area contributed by atoms with Crippen LogP contribution < -0.4 is 21.7 Å². The number of hydrogen-bond donors (Lipinski definition) is 6. The largest absolute Gasteiger partial charge is 0.481 e. The van der Waals surface area contributed by atoms with Gasteiger partial charge in [0.25, 0.3) is 0 Å². The average Bonchev–Trinajstić information content (AvgIpc) is 2.61. The fourth-order valence-electron chi connectivity index (χ4n) is 2.13. The van der Waals surface area contributed by atoms with Gasteiger partial charge in [-0.1, -0.05) is 20.3 Å². The summed E-state index contributed by atoms with van der Waals surface area (Å²) in [5.74, 6) is -4.81. The maximum absolute atomic E-state index is 12.5. The fraction of sp³-hybridized carbons (Fsp3) is 0.688. The van der Waals surface area contributed by atoms with Crippen molar-refractivity contribution in [2.45, 2.75) is 58.2 Å². The van der Waals surface area contributed by atoms with E-state index in [9.17, 15) is 24.0 Å². The van der Waals surface area contributed by atoms with Crippen LogP contribution in [0, 0.1) is 5.92 Å². The molecule has 0 radical (unpaired) electrons. The summed E-state index contributed by atoms with van der Waals surface area (Å²) in [6.45, 7) is 4.61. The SMILES string of the molecule is CCC(C)C(NC(=O)C(C)NC(=O)CN)C(=O)NC(CCC(=O)O)C(=O)O. The number of carboxylic acids is 2. The van der Waals surface area contributed by atoms with Crippen molar-refractivity contribution in [3.05, 3.63) is 0 Å². The molecule has 0 aliphatic carbocycles. The molecule has 154 valence electrons. The van der Waals surface area contributed by atoms with Gasteiger partial charge in [0.05, 0.1) is 6.54 Å². The van der Waals surface area contributed by atoms with Crippen molar-refractivity contribution in [3.8, 4) is 0 Å². The molecule has 0 rings (SSSR count). The minimum Gasteiger partial charge on any atom is -0.481 e. The molecule has 27 heavy (non-hydrogen) atoms. The minimum absolute atomic E-state index is 0.291. The van der Waals surface area contributed by atoms with Crippen LogP contribution in [0.2, 0.25) is 0 Å². The van der Waals surface area contributed by atoms with Gasteiger partial charge in [-0.05, 0) is 19.3 Å². The fourth-order valence-corrected chi connectivity index (χ4v) is 2.13. The van der Waals surface area contributed by atoms with E-state index in [4.69, 9.17) is 15.9 Å². The van der Waals surface area contributed by atoms with Crippen LogP contribution in [0.3, 0.4) is 0 Å². The summed E-state index contributed by atoms with van der Waals surface area (Å²) in [5.41, 5.74) is 5.17. The maximum Gasteiger partial charge on any atom is 0.326 e. The van der Waals surface area contributed by atoms with E-state index in [1.807, 2.05) is 0 Å². The lowest BCUT2D eigenvalue weighted by Gasteiger charge is -2.26. The number of carboxylic acid groups (broad SMARTS) is 2. The van der Waals surface area contributed by atoms with Crippen LogP contribution in [0.15, 0.2) is 0 Å². The number of nitrogens with two attached hydrogens (primary N) is 1. The smallest absolute Gasteiger partial charge is 0.326 e. The third-order valence-corrected chi connectivity index (χ3v) is 4.01. The third kappa shape index (κ3) is 8.99. The van der Waals surface area contributed by atoms with Crippen molar-refractivity contribution < 1.29 is 34.2 Å². The number of amides is 3. The summed E-state index contributed by atoms with van der Waals surface area (Å²) in [5, 5.41) is 24.9. The Balaban J connectivity index is 5.12. The summed E-state index contributed by atoms with van der Waals surface area (Å²) < 4.78 is 0. The lowest BCUT2D eigenvalue weighted by atomic mass is 9.97. The Labute approximate surface area is 157 Å². The van der Waals surface area contributed by atoms with E-state index in [2.05, 4.69) is 16.0 Å². The summed E-state index contributed by atoms with van der Waals surface area (Å²) in [4.78, 5) is 57.9. The number of carbonyl (C=O) groups excluding carboxylic acids is 3. The lowest BCUT2D eigenvalue weighted by Crippen LogP contribution is -2.57. The van der Waals surface area contributed by atoms with E-state index in [1.165, 1.54) is 6.92 Å². The molecule has 0 saturated heterocycles. The number of nitrogens with one attached hydrogen (secondary N) is 3. The van der Waals surface area contributed by atoms with E-state index in [0.29, 0.717) is 6.42 Å². The number of aliphatic carboxylic acids is 2. The Morgan fingerprint density at radius 2 is 1.56 bits per heavy atom. The van der Waals surface area contributed by atoms with E-state index in [0.717, 1.165) is 0 Å². The van der Waals surface area contributed by atoms with Crippen molar-refractivity contribution in [2.75, 3.05) is 6.54 Å². The topological polar surface area (TPSA) is 188 Å². The predicted octanol–water partition coefficient (Wildman–Crippen LogP) is -1.59. The second-order valence-corrected chi connectivity index (χ2v) is 6.20. The van der Waals surface area contributed by atoms with Crippen LogP contribution >= 0.6 is 0 Å². The molecule has 0 aromatic rings. The zero-order chi connectivity index (χ0) is 21.1. The van der Waals surface area contributed by atoms with Gasteiger partial charge in [0.2, 0.25) is 17.7 Å². The van der Waals surface area contributed by atoms with Gasteiger partial charge < -0.3 is 31.9 Å². The molecular weight excluding hydrogens is 360 g/mol. The van der Waals surface area contributed by atoms with Crippen LogP contribution in [0.5, 0.6) is 0 Å². The molecule has 11 nitrogen and oxygen atoms in total. The molecule has 0 aliphatic heterocycles. The van der Waals surface area contributed by atoms with Crippen LogP contribution in [-0.4, -0.2) is 64.5 Å². The molecule has 0 aromatic carbocycles. The van der Waals surface area contributed by atoms with Crippen LogP contribution in [0.1, 0.15) is 40.0 Å². The van der Waals surface area contributed by atoms with Crippen molar-refractivity contribution in [2.24, 2.45) is 11.7 Å². The second kappa shape index (κ2) is 11.8. The highest BCUT2D eigenvalue weighted by Crippen LogP contribution is 2.10. The molecule has 4 atom stereocenters. The number of rotatable bonds is 12. The van der Waals surface area contributed by atoms with Gasteiger partial charge in [-0.2, -0.15) is 0 Å². The first-order valence-corrected chi connectivity index (χ1v) is 8.58. The molecule has 0 heterocycles. The predicted molar refractivity (Wildman–Crippen MR) is 94.5 cm³/mol. The third-order valence-electron chi connectivity index (χ3n) is 4.01. The van der Waals surface area contributed by atoms with E-state index in [-0.39, 0.29) is 18.9 Å². The van der Waals surface area contributed by atoms with Gasteiger partial charge in [0.15, 0.2) is 0 Å². The molecule has 0 spiro atoms. The standard InChI is InChI=1S/C16H28N4O7/c1-4-8(2)13(20-14(24)9(3)18-11(21)7-17)15(25)19-10(16(26)27)5-6-12(22)23/h8-10,13H,4-7,17H2,1-3H3,(H,18,21)(H,19,25)(H,20,24)(H,22,23)(H,26,27). The van der Waals surface area contributed by atoms with Crippen molar-refractivity contribution in [1.29, 1.82) is 0 Å². The van der Waals surface area contributed by atoms with Gasteiger partial charge in [-0.15, -0.1) is 0 Å². The first-order valence-electron chi connectivity index (χ1n) is 8.58. The molecule has 11 heteroatoms. The lowest BCUT2D eigenvalue weighted by molar-refractivity contribution is -0.143. The summed E-state index contributed by atoms with van der Waals surface area (Å²) in [6.07, 6.45) is -0.213. The Hall–Kier alpha value is -2.69. The average molecular weight is 388 g/mol. The van der Waals surface area contributed by atoms with E-state index >= 15 is 0 Å². The Kier molecular flexibility index (Phi) is 10.7. The first kappa shape index (κ1) is 24.3. The number of carbonyl (C=O) groups is 5. The highest BCUT2D eigenvalue weighted by atomic mass is 16.4. The highest BCUT2D eigenvalue weighted by Gasteiger charge is 2.31. The zero-order valence-electron chi connectivity index (χ0n) is 15.7. The van der Waals surface area contributed by atoms with E-state index < -0.39 is 54.2 Å². The number of hydrogen-bond acceptors (Lipinski definition) is 6. The monoisotopic (exact) mass is 388 g/mol. The zero-order valence-corrected chi connectivity index (χ0v) is 15.7.